The normalized spacial score (nSPS) is 17.4. The number of esters is 1. The number of nitrogens with zero attached hydrogens (tertiary/aromatic N) is 2. The summed E-state index contributed by atoms with van der Waals surface area (Å²) < 4.78 is 11.3. The van der Waals surface area contributed by atoms with E-state index >= 15 is 0 Å². The number of hydrazine groups is 1. The van der Waals surface area contributed by atoms with Crippen LogP contribution in [0.4, 0.5) is 4.79 Å². The summed E-state index contributed by atoms with van der Waals surface area (Å²) in [6.07, 6.45) is 6.01. The van der Waals surface area contributed by atoms with Gasteiger partial charge in [-0.2, -0.15) is 0 Å². The second-order valence-electron chi connectivity index (χ2n) is 13.4. The Labute approximate surface area is 255 Å². The number of pyridine rings is 1. The first-order valence-electron chi connectivity index (χ1n) is 15.1. The first-order valence-corrected chi connectivity index (χ1v) is 15.1. The van der Waals surface area contributed by atoms with Crippen LogP contribution in [0.25, 0.3) is 0 Å². The van der Waals surface area contributed by atoms with Gasteiger partial charge in [0.15, 0.2) is 11.5 Å². The number of hydrogen-bond donors (Lipinski definition) is 3. The predicted octanol–water partition coefficient (Wildman–Crippen LogP) is 4.96. The maximum absolute atomic E-state index is 14.3. The van der Waals surface area contributed by atoms with Crippen LogP contribution in [0, 0.1) is 17.8 Å². The second-order valence-corrected chi connectivity index (χ2v) is 13.4. The zero-order valence-electron chi connectivity index (χ0n) is 26.3. The van der Waals surface area contributed by atoms with Gasteiger partial charge in [0.05, 0.1) is 5.92 Å². The Morgan fingerprint density at radius 3 is 2.12 bits per heavy atom. The fraction of sp³-hybridized carbons (Fsp3) is 0.576. The van der Waals surface area contributed by atoms with Crippen molar-refractivity contribution in [2.45, 2.75) is 90.6 Å². The van der Waals surface area contributed by atoms with Gasteiger partial charge in [0.25, 0.3) is 0 Å². The molecule has 10 heteroatoms. The molecular formula is C33H48N4O6. The number of rotatable bonds is 11. The Morgan fingerprint density at radius 2 is 1.56 bits per heavy atom. The van der Waals surface area contributed by atoms with Crippen molar-refractivity contribution in [3.63, 3.8) is 0 Å². The number of nitrogens with one attached hydrogen (secondary N) is 1. The molecule has 1 aliphatic carbocycles. The molecule has 1 aliphatic rings. The molecule has 2 aromatic rings. The number of amides is 1. The Balaban J connectivity index is 2.12. The summed E-state index contributed by atoms with van der Waals surface area (Å²) in [6.45, 7) is 10.7. The summed E-state index contributed by atoms with van der Waals surface area (Å²) in [5.74, 6) is -3.93. The molecule has 1 amide bonds. The quantitative estimate of drug-likeness (QED) is 0.142. The Morgan fingerprint density at radius 1 is 0.953 bits per heavy atom. The third-order valence-corrected chi connectivity index (χ3v) is 7.30. The Kier molecular flexibility index (Phi) is 11.5. The van der Waals surface area contributed by atoms with Gasteiger partial charge in [-0.1, -0.05) is 55.7 Å². The van der Waals surface area contributed by atoms with E-state index in [1.54, 1.807) is 95.1 Å². The van der Waals surface area contributed by atoms with Crippen LogP contribution in [0.3, 0.4) is 0 Å². The maximum Gasteiger partial charge on any atom is 0.422 e. The van der Waals surface area contributed by atoms with Crippen molar-refractivity contribution in [3.8, 4) is 0 Å². The molecule has 43 heavy (non-hydrogen) atoms. The lowest BCUT2D eigenvalue weighted by atomic mass is 9.76. The molecule has 1 aromatic heterocycles. The summed E-state index contributed by atoms with van der Waals surface area (Å²) in [6, 6.07) is 13.2. The zero-order chi connectivity index (χ0) is 31.8. The first kappa shape index (κ1) is 34.2. The molecule has 2 unspecified atom stereocenters. The topological polar surface area (TPSA) is 144 Å². The van der Waals surface area contributed by atoms with E-state index in [9.17, 15) is 19.5 Å². The number of benzene rings is 1. The van der Waals surface area contributed by atoms with E-state index in [4.69, 9.17) is 15.2 Å². The molecule has 0 aliphatic heterocycles. The fourth-order valence-electron chi connectivity index (χ4n) is 5.45. The number of aliphatic hydroxyl groups is 1. The standard InChI is InChI=1S/C33H48N4O6/c1-31(2,3)42-29(39)27(33(34,41)24-17-11-8-12-18-24)25(28(38)26-19-13-14-20-35-26)22-37(21-23-15-9-7-10-16-23)36-30(40)43-32(4,5)6/h8,11-14,17-20,23,25,27,41H,7,9-10,15-16,21-22,34H2,1-6H3,(H,36,40)/t25-,27?,33?/m0/s1. The van der Waals surface area contributed by atoms with Crippen LogP contribution in [0.15, 0.2) is 54.7 Å². The lowest BCUT2D eigenvalue weighted by Crippen LogP contribution is -2.58. The van der Waals surface area contributed by atoms with E-state index in [-0.39, 0.29) is 23.7 Å². The van der Waals surface area contributed by atoms with Crippen molar-refractivity contribution in [1.29, 1.82) is 0 Å². The lowest BCUT2D eigenvalue weighted by Gasteiger charge is -2.40. The van der Waals surface area contributed by atoms with Gasteiger partial charge >= 0.3 is 12.1 Å². The predicted molar refractivity (Wildman–Crippen MR) is 163 cm³/mol. The van der Waals surface area contributed by atoms with E-state index < -0.39 is 46.6 Å². The van der Waals surface area contributed by atoms with Gasteiger partial charge in [-0.15, -0.1) is 0 Å². The highest BCUT2D eigenvalue weighted by Crippen LogP contribution is 2.35. The van der Waals surface area contributed by atoms with Crippen molar-refractivity contribution in [2.24, 2.45) is 23.5 Å². The SMILES string of the molecule is CC(C)(C)OC(=O)NN(CC1CCCCC1)C[C@H](C(=O)c1ccccn1)C(C(=O)OC(C)(C)C)C(N)(O)c1ccccc1. The van der Waals surface area contributed by atoms with Crippen molar-refractivity contribution < 1.29 is 29.0 Å². The first-order chi connectivity index (χ1) is 20.1. The molecule has 10 nitrogen and oxygen atoms in total. The fourth-order valence-corrected chi connectivity index (χ4v) is 5.45. The Hall–Kier alpha value is -3.34. The number of hydrogen-bond acceptors (Lipinski definition) is 9. The highest BCUT2D eigenvalue weighted by Gasteiger charge is 2.50. The van der Waals surface area contributed by atoms with E-state index in [0.29, 0.717) is 6.54 Å². The third kappa shape index (κ3) is 10.4. The maximum atomic E-state index is 14.3. The van der Waals surface area contributed by atoms with Crippen LogP contribution in [-0.4, -0.2) is 57.2 Å². The minimum Gasteiger partial charge on any atom is -0.460 e. The van der Waals surface area contributed by atoms with Crippen LogP contribution in [0.1, 0.15) is 89.7 Å². The summed E-state index contributed by atoms with van der Waals surface area (Å²) in [4.78, 5) is 45.5. The molecule has 236 valence electrons. The molecule has 1 fully saturated rings. The van der Waals surface area contributed by atoms with E-state index in [0.717, 1.165) is 32.1 Å². The van der Waals surface area contributed by atoms with Gasteiger partial charge in [0.2, 0.25) is 0 Å². The summed E-state index contributed by atoms with van der Waals surface area (Å²) in [5.41, 5.74) is 5.77. The monoisotopic (exact) mass is 596 g/mol. The second kappa shape index (κ2) is 14.4. The third-order valence-electron chi connectivity index (χ3n) is 7.30. The van der Waals surface area contributed by atoms with Gasteiger partial charge in [-0.3, -0.25) is 25.7 Å². The molecular weight excluding hydrogens is 548 g/mol. The average Bonchev–Trinajstić information content (AvgIpc) is 2.91. The van der Waals surface area contributed by atoms with Gasteiger partial charge in [-0.25, -0.2) is 9.80 Å². The van der Waals surface area contributed by atoms with Crippen molar-refractivity contribution in [2.75, 3.05) is 13.1 Å². The molecule has 3 rings (SSSR count). The molecule has 1 heterocycles. The molecule has 0 bridgehead atoms. The number of ketones is 1. The molecule has 0 spiro atoms. The molecule has 1 aromatic carbocycles. The number of aromatic nitrogens is 1. The molecule has 3 atom stereocenters. The number of carbonyl (C=O) groups excluding carboxylic acids is 3. The van der Waals surface area contributed by atoms with Crippen molar-refractivity contribution >= 4 is 17.8 Å². The lowest BCUT2D eigenvalue weighted by molar-refractivity contribution is -0.174. The van der Waals surface area contributed by atoms with Crippen LogP contribution < -0.4 is 11.2 Å². The molecule has 0 saturated heterocycles. The smallest absolute Gasteiger partial charge is 0.422 e. The molecule has 0 radical (unpaired) electrons. The minimum atomic E-state index is -2.30. The van der Waals surface area contributed by atoms with E-state index in [1.165, 1.54) is 6.20 Å². The highest BCUT2D eigenvalue weighted by atomic mass is 16.6. The van der Waals surface area contributed by atoms with Gasteiger partial charge in [0.1, 0.15) is 22.8 Å². The van der Waals surface area contributed by atoms with Gasteiger partial charge < -0.3 is 14.6 Å². The largest absolute Gasteiger partial charge is 0.460 e. The zero-order valence-corrected chi connectivity index (χ0v) is 26.3. The Bertz CT molecular complexity index is 1200. The van der Waals surface area contributed by atoms with E-state index in [1.807, 2.05) is 0 Å². The van der Waals surface area contributed by atoms with Crippen LogP contribution in [0.2, 0.25) is 0 Å². The number of nitrogens with two attached hydrogens (primary N) is 1. The number of Topliss-reactive ketones (excluding diaryl/α,β-unsaturated/α-hetero) is 1. The van der Waals surface area contributed by atoms with Crippen LogP contribution >= 0.6 is 0 Å². The number of carbonyl (C=O) groups is 3. The summed E-state index contributed by atoms with van der Waals surface area (Å²) in [5, 5.41) is 13.5. The number of ether oxygens (including phenoxy) is 2. The van der Waals surface area contributed by atoms with Gasteiger partial charge in [0, 0.05) is 19.3 Å². The van der Waals surface area contributed by atoms with Crippen LogP contribution in [-0.2, 0) is 20.0 Å². The van der Waals surface area contributed by atoms with Gasteiger partial charge in [-0.05, 0) is 78.0 Å². The van der Waals surface area contributed by atoms with E-state index in [2.05, 4.69) is 10.4 Å². The summed E-state index contributed by atoms with van der Waals surface area (Å²) >= 11 is 0. The average molecular weight is 597 g/mol. The molecule has 4 N–H and O–H groups in total. The van der Waals surface area contributed by atoms with Crippen molar-refractivity contribution in [3.05, 3.63) is 66.0 Å². The molecule has 1 saturated carbocycles. The highest BCUT2D eigenvalue weighted by molar-refractivity contribution is 5.99. The van der Waals surface area contributed by atoms with Crippen molar-refractivity contribution in [1.82, 2.24) is 15.4 Å². The summed E-state index contributed by atoms with van der Waals surface area (Å²) in [7, 11) is 0. The van der Waals surface area contributed by atoms with Crippen LogP contribution in [0.5, 0.6) is 0 Å². The minimum absolute atomic E-state index is 0.0970.